The first-order valence-corrected chi connectivity index (χ1v) is 10.0. The molecule has 3 rings (SSSR count). The Morgan fingerprint density at radius 2 is 1.85 bits per heavy atom. The molecule has 1 saturated carbocycles. The van der Waals surface area contributed by atoms with Gasteiger partial charge in [-0.2, -0.15) is 13.2 Å². The number of fused-ring (bicyclic) bond motifs is 2. The number of benzene rings is 1. The second-order valence-corrected chi connectivity index (χ2v) is 10.6. The van der Waals surface area contributed by atoms with Gasteiger partial charge in [-0.3, -0.25) is 10.1 Å². The Bertz CT molecular complexity index is 898. The van der Waals surface area contributed by atoms with Crippen LogP contribution in [0, 0.1) is 20.9 Å². The quantitative estimate of drug-likeness (QED) is 0.552. The maximum Gasteiger partial charge on any atom is 0.501 e. The molecule has 1 heterocycles. The molecule has 2 fully saturated rings. The molecule has 0 aromatic heterocycles. The summed E-state index contributed by atoms with van der Waals surface area (Å²) in [5, 5.41) is 11.5. The summed E-state index contributed by atoms with van der Waals surface area (Å²) in [4.78, 5) is 11.4. The van der Waals surface area contributed by atoms with Gasteiger partial charge in [0.2, 0.25) is 0 Å². The standard InChI is InChI=1S/C17H21F3N2O4S/c1-15(2)7-11-8-16(3,9-15)10-21(11)13-5-4-12(6-14(13)22(23)24)27(25,26)17(18,19)20/h4-6,11H,7-10H2,1-3H3/t11-,16+/m1/s1. The number of anilines is 1. The Kier molecular flexibility index (Phi) is 4.30. The Balaban J connectivity index is 2.07. The van der Waals surface area contributed by atoms with Crippen LogP contribution < -0.4 is 4.90 Å². The lowest BCUT2D eigenvalue weighted by molar-refractivity contribution is -0.384. The van der Waals surface area contributed by atoms with Crippen LogP contribution in [-0.4, -0.2) is 31.4 Å². The van der Waals surface area contributed by atoms with Crippen molar-refractivity contribution in [3.63, 3.8) is 0 Å². The van der Waals surface area contributed by atoms with Gasteiger partial charge in [-0.15, -0.1) is 0 Å². The number of halogens is 3. The smallest absolute Gasteiger partial charge is 0.362 e. The van der Waals surface area contributed by atoms with Gasteiger partial charge in [0.25, 0.3) is 15.5 Å². The highest BCUT2D eigenvalue weighted by Gasteiger charge is 2.51. The van der Waals surface area contributed by atoms with E-state index in [9.17, 15) is 31.7 Å². The molecule has 2 aliphatic rings. The molecule has 1 aliphatic carbocycles. The molecule has 0 radical (unpaired) electrons. The van der Waals surface area contributed by atoms with Gasteiger partial charge in [0, 0.05) is 18.7 Å². The van der Waals surface area contributed by atoms with Gasteiger partial charge in [-0.25, -0.2) is 8.42 Å². The van der Waals surface area contributed by atoms with Crippen molar-refractivity contribution in [3.8, 4) is 0 Å². The fraction of sp³-hybridized carbons (Fsp3) is 0.647. The van der Waals surface area contributed by atoms with Crippen molar-refractivity contribution < 1.29 is 26.5 Å². The number of nitro benzene ring substituents is 1. The summed E-state index contributed by atoms with van der Waals surface area (Å²) >= 11 is 0. The Morgan fingerprint density at radius 1 is 1.22 bits per heavy atom. The first-order chi connectivity index (χ1) is 12.2. The van der Waals surface area contributed by atoms with Crippen LogP contribution in [0.5, 0.6) is 0 Å². The average molecular weight is 406 g/mol. The second-order valence-electron chi connectivity index (χ2n) is 8.70. The maximum absolute atomic E-state index is 12.8. The van der Waals surface area contributed by atoms with E-state index >= 15 is 0 Å². The minimum absolute atomic E-state index is 0.0301. The molecule has 10 heteroatoms. The van der Waals surface area contributed by atoms with Crippen molar-refractivity contribution >= 4 is 21.2 Å². The lowest BCUT2D eigenvalue weighted by Gasteiger charge is -2.39. The molecule has 1 aromatic carbocycles. The van der Waals surface area contributed by atoms with Crippen molar-refractivity contribution in [3.05, 3.63) is 28.3 Å². The third-order valence-electron chi connectivity index (χ3n) is 5.48. The zero-order valence-corrected chi connectivity index (χ0v) is 16.0. The van der Waals surface area contributed by atoms with Crippen molar-refractivity contribution in [2.75, 3.05) is 11.4 Å². The van der Waals surface area contributed by atoms with Gasteiger partial charge in [0.1, 0.15) is 5.69 Å². The lowest BCUT2D eigenvalue weighted by Crippen LogP contribution is -2.35. The normalized spacial score (nSPS) is 27.6. The van der Waals surface area contributed by atoms with Crippen molar-refractivity contribution in [2.24, 2.45) is 10.8 Å². The first-order valence-electron chi connectivity index (χ1n) is 8.52. The van der Waals surface area contributed by atoms with Gasteiger partial charge in [0.05, 0.1) is 9.82 Å². The van der Waals surface area contributed by atoms with Gasteiger partial charge < -0.3 is 4.90 Å². The number of sulfone groups is 1. The van der Waals surface area contributed by atoms with Crippen molar-refractivity contribution in [1.29, 1.82) is 0 Å². The van der Waals surface area contributed by atoms with E-state index in [-0.39, 0.29) is 22.6 Å². The van der Waals surface area contributed by atoms with E-state index in [0.717, 1.165) is 31.4 Å². The average Bonchev–Trinajstić information content (AvgIpc) is 2.74. The third-order valence-corrected chi connectivity index (χ3v) is 6.97. The van der Waals surface area contributed by atoms with E-state index in [1.165, 1.54) is 0 Å². The molecule has 0 spiro atoms. The van der Waals surface area contributed by atoms with E-state index in [2.05, 4.69) is 20.8 Å². The monoisotopic (exact) mass is 406 g/mol. The molecule has 1 aromatic rings. The van der Waals surface area contributed by atoms with E-state index in [4.69, 9.17) is 0 Å². The van der Waals surface area contributed by atoms with Gasteiger partial charge in [0.15, 0.2) is 0 Å². The Hall–Kier alpha value is -1.84. The highest BCUT2D eigenvalue weighted by molar-refractivity contribution is 7.92. The fourth-order valence-corrected chi connectivity index (χ4v) is 5.72. The number of hydrogen-bond donors (Lipinski definition) is 0. The van der Waals surface area contributed by atoms with Crippen LogP contribution in [0.15, 0.2) is 23.1 Å². The zero-order chi connectivity index (χ0) is 20.4. The molecular weight excluding hydrogens is 385 g/mol. The minimum atomic E-state index is -5.64. The topological polar surface area (TPSA) is 80.5 Å². The highest BCUT2D eigenvalue weighted by atomic mass is 32.2. The molecule has 0 amide bonds. The Morgan fingerprint density at radius 3 is 2.41 bits per heavy atom. The fourth-order valence-electron chi connectivity index (χ4n) is 4.93. The van der Waals surface area contributed by atoms with Crippen molar-refractivity contribution in [2.45, 2.75) is 56.5 Å². The predicted octanol–water partition coefficient (Wildman–Crippen LogP) is 4.29. The molecule has 6 nitrogen and oxygen atoms in total. The second kappa shape index (κ2) is 5.83. The van der Waals surface area contributed by atoms with E-state index < -0.39 is 30.9 Å². The summed E-state index contributed by atoms with van der Waals surface area (Å²) in [5.41, 5.74) is -5.94. The van der Waals surface area contributed by atoms with E-state index in [0.29, 0.717) is 12.6 Å². The van der Waals surface area contributed by atoms with Crippen LogP contribution in [0.1, 0.15) is 40.0 Å². The predicted molar refractivity (Wildman–Crippen MR) is 93.2 cm³/mol. The molecule has 2 bridgehead atoms. The zero-order valence-electron chi connectivity index (χ0n) is 15.2. The first kappa shape index (κ1) is 19.9. The van der Waals surface area contributed by atoms with Crippen LogP contribution in [0.3, 0.4) is 0 Å². The molecule has 1 aliphatic heterocycles. The third kappa shape index (κ3) is 3.39. The van der Waals surface area contributed by atoms with Crippen LogP contribution in [0.4, 0.5) is 24.5 Å². The number of nitro groups is 1. The largest absolute Gasteiger partial charge is 0.501 e. The molecule has 2 atom stereocenters. The SMILES string of the molecule is CC1(C)C[C@@H]2C[C@](C)(CN2c2ccc(S(=O)(=O)C(F)(F)F)cc2[N+](=O)[O-])C1. The van der Waals surface area contributed by atoms with Gasteiger partial charge >= 0.3 is 5.51 Å². The molecule has 0 N–H and O–H groups in total. The van der Waals surface area contributed by atoms with Crippen LogP contribution in [-0.2, 0) is 9.84 Å². The van der Waals surface area contributed by atoms with Gasteiger partial charge in [-0.05, 0) is 42.2 Å². The molecule has 27 heavy (non-hydrogen) atoms. The van der Waals surface area contributed by atoms with Crippen LogP contribution in [0.25, 0.3) is 0 Å². The van der Waals surface area contributed by atoms with Crippen LogP contribution in [0.2, 0.25) is 0 Å². The van der Waals surface area contributed by atoms with Gasteiger partial charge in [-0.1, -0.05) is 20.8 Å². The summed E-state index contributed by atoms with van der Waals surface area (Å²) in [6.07, 6.45) is 2.60. The molecule has 1 saturated heterocycles. The number of nitrogens with zero attached hydrogens (tertiary/aromatic N) is 2. The summed E-state index contributed by atoms with van der Waals surface area (Å²) in [7, 11) is -5.64. The molecule has 150 valence electrons. The summed E-state index contributed by atoms with van der Waals surface area (Å²) in [6.45, 7) is 6.92. The maximum atomic E-state index is 12.8. The van der Waals surface area contributed by atoms with E-state index in [1.54, 1.807) is 0 Å². The minimum Gasteiger partial charge on any atom is -0.362 e. The molecule has 0 unspecified atom stereocenters. The van der Waals surface area contributed by atoms with Crippen LogP contribution >= 0.6 is 0 Å². The molecular formula is C17H21F3N2O4S. The Labute approximate surface area is 155 Å². The lowest BCUT2D eigenvalue weighted by atomic mass is 9.65. The summed E-state index contributed by atoms with van der Waals surface area (Å²) in [6, 6.07) is 2.49. The summed E-state index contributed by atoms with van der Waals surface area (Å²) in [5.74, 6) is 0. The van der Waals surface area contributed by atoms with E-state index in [1.807, 2.05) is 4.90 Å². The summed E-state index contributed by atoms with van der Waals surface area (Å²) < 4.78 is 61.6. The number of rotatable bonds is 3. The van der Waals surface area contributed by atoms with Crippen molar-refractivity contribution in [1.82, 2.24) is 0 Å². The highest BCUT2D eigenvalue weighted by Crippen LogP contribution is 2.54. The number of alkyl halides is 3. The number of hydrogen-bond acceptors (Lipinski definition) is 5.